The fraction of sp³-hybridized carbons (Fsp3) is 0.409. The van der Waals surface area contributed by atoms with Crippen molar-refractivity contribution >= 4 is 28.7 Å². The van der Waals surface area contributed by atoms with E-state index in [0.717, 1.165) is 28.5 Å². The minimum Gasteiger partial charge on any atom is -0.504 e. The molecule has 1 aromatic heterocycles. The van der Waals surface area contributed by atoms with Gasteiger partial charge in [-0.05, 0) is 30.9 Å². The van der Waals surface area contributed by atoms with Crippen molar-refractivity contribution in [3.8, 4) is 0 Å². The Balaban J connectivity index is 1.95. The molecule has 0 aliphatic carbocycles. The molecule has 0 saturated carbocycles. The first kappa shape index (κ1) is 22.0. The number of aliphatic hydroxyl groups is 1. The average molecular weight is 425 g/mol. The van der Waals surface area contributed by atoms with Crippen molar-refractivity contribution in [3.05, 3.63) is 52.5 Å². The number of aromatic nitrogens is 1. The zero-order valence-corrected chi connectivity index (χ0v) is 17.8. The summed E-state index contributed by atoms with van der Waals surface area (Å²) >= 11 is 0. The molecule has 9 heteroatoms. The number of methoxy groups -OCH3 is 1. The summed E-state index contributed by atoms with van der Waals surface area (Å²) in [5.41, 5.74) is -0.501. The Morgan fingerprint density at radius 1 is 1.32 bits per heavy atom. The van der Waals surface area contributed by atoms with E-state index in [1.165, 1.54) is 0 Å². The van der Waals surface area contributed by atoms with Crippen molar-refractivity contribution < 1.29 is 24.2 Å². The summed E-state index contributed by atoms with van der Waals surface area (Å²) in [6, 6.07) is 7.68. The molecule has 162 valence electrons. The predicted octanol–water partition coefficient (Wildman–Crippen LogP) is 3.06. The lowest BCUT2D eigenvalue weighted by Crippen LogP contribution is -2.52. The highest BCUT2D eigenvalue weighted by Crippen LogP contribution is 2.42. The summed E-state index contributed by atoms with van der Waals surface area (Å²) in [5, 5.41) is 20.9. The number of aryl methyl sites for hydroxylation is 1. The van der Waals surface area contributed by atoms with Crippen LogP contribution in [0.25, 0.3) is 15.9 Å². The lowest BCUT2D eigenvalue weighted by molar-refractivity contribution is -0.155. The Morgan fingerprint density at radius 3 is 2.68 bits per heavy atom. The van der Waals surface area contributed by atoms with Crippen LogP contribution < -0.4 is 0 Å². The zero-order valence-electron chi connectivity index (χ0n) is 17.8. The fourth-order valence-electron chi connectivity index (χ4n) is 4.29. The van der Waals surface area contributed by atoms with E-state index in [9.17, 15) is 24.9 Å². The molecule has 1 aliphatic heterocycles. The number of para-hydroxylation sites is 1. The molecule has 0 spiro atoms. The number of aliphatic hydroxyl groups excluding tert-OH is 1. The summed E-state index contributed by atoms with van der Waals surface area (Å²) in [7, 11) is 2.96. The predicted molar refractivity (Wildman–Crippen MR) is 112 cm³/mol. The van der Waals surface area contributed by atoms with E-state index in [1.807, 2.05) is 42.1 Å². The second-order valence-corrected chi connectivity index (χ2v) is 7.64. The van der Waals surface area contributed by atoms with E-state index in [-0.39, 0.29) is 25.8 Å². The fourth-order valence-corrected chi connectivity index (χ4v) is 4.29. The smallest absolute Gasteiger partial charge is 0.504 e. The van der Waals surface area contributed by atoms with Gasteiger partial charge in [-0.25, -0.2) is 4.79 Å². The SMILES string of the molecule is CCC1(/C(O)=C(\[N+]#N)C(=O)OC)CCCN(C(=O)Cc2cn(C)c3ccccc23)C1=O. The molecule has 0 radical (unpaired) electrons. The van der Waals surface area contributed by atoms with Crippen molar-refractivity contribution in [1.29, 1.82) is 5.39 Å². The number of nitrogens with zero attached hydrogens (tertiary/aromatic N) is 4. The van der Waals surface area contributed by atoms with E-state index in [2.05, 4.69) is 9.71 Å². The molecule has 9 nitrogen and oxygen atoms in total. The van der Waals surface area contributed by atoms with Gasteiger partial charge in [-0.1, -0.05) is 25.1 Å². The molecule has 2 heterocycles. The number of rotatable bonds is 5. The summed E-state index contributed by atoms with van der Waals surface area (Å²) in [6.45, 7) is 1.88. The Bertz CT molecular complexity index is 1130. The lowest BCUT2D eigenvalue weighted by atomic mass is 9.74. The maximum absolute atomic E-state index is 13.4. The van der Waals surface area contributed by atoms with Gasteiger partial charge in [0.2, 0.25) is 23.0 Å². The minimum absolute atomic E-state index is 0.0194. The highest BCUT2D eigenvalue weighted by Gasteiger charge is 2.53. The Hall–Kier alpha value is -3.67. The zero-order chi connectivity index (χ0) is 22.8. The molecule has 31 heavy (non-hydrogen) atoms. The van der Waals surface area contributed by atoms with Crippen LogP contribution in [0.15, 0.2) is 41.9 Å². The van der Waals surface area contributed by atoms with Gasteiger partial charge in [0.15, 0.2) is 4.98 Å². The molecule has 0 bridgehead atoms. The normalized spacial score (nSPS) is 19.7. The van der Waals surface area contributed by atoms with E-state index >= 15 is 0 Å². The molecule has 2 aromatic rings. The van der Waals surface area contributed by atoms with Crippen LogP contribution in [0.5, 0.6) is 0 Å². The number of piperidine rings is 1. The van der Waals surface area contributed by atoms with E-state index in [4.69, 9.17) is 0 Å². The van der Waals surface area contributed by atoms with E-state index < -0.39 is 34.7 Å². The molecular weight excluding hydrogens is 400 g/mol. The number of amides is 2. The maximum Gasteiger partial charge on any atom is 0.506 e. The average Bonchev–Trinajstić information content (AvgIpc) is 3.09. The lowest BCUT2D eigenvalue weighted by Gasteiger charge is -2.38. The number of carbonyl (C=O) groups is 3. The van der Waals surface area contributed by atoms with E-state index in [1.54, 1.807) is 6.92 Å². The Labute approximate surface area is 179 Å². The quantitative estimate of drug-likeness (QED) is 0.341. The molecule has 1 N–H and O–H groups in total. The van der Waals surface area contributed by atoms with Crippen LogP contribution in [0.1, 0.15) is 31.7 Å². The minimum atomic E-state index is -1.54. The number of fused-ring (bicyclic) bond motifs is 1. The van der Waals surface area contributed by atoms with Gasteiger partial charge in [0.05, 0.1) is 13.5 Å². The van der Waals surface area contributed by atoms with Crippen LogP contribution in [0, 0.1) is 10.8 Å². The third-order valence-corrected chi connectivity index (χ3v) is 6.02. The summed E-state index contributed by atoms with van der Waals surface area (Å²) in [4.78, 5) is 42.3. The van der Waals surface area contributed by atoms with Crippen LogP contribution in [0.2, 0.25) is 0 Å². The molecule has 3 rings (SSSR count). The monoisotopic (exact) mass is 425 g/mol. The van der Waals surface area contributed by atoms with Crippen molar-refractivity contribution in [2.75, 3.05) is 13.7 Å². The first-order chi connectivity index (χ1) is 14.8. The Morgan fingerprint density at radius 2 is 2.03 bits per heavy atom. The van der Waals surface area contributed by atoms with Gasteiger partial charge in [-0.2, -0.15) is 0 Å². The largest absolute Gasteiger partial charge is 0.506 e. The van der Waals surface area contributed by atoms with E-state index in [0.29, 0.717) is 6.42 Å². The number of ether oxygens (including phenoxy) is 1. The van der Waals surface area contributed by atoms with Crippen molar-refractivity contribution in [2.45, 2.75) is 32.6 Å². The summed E-state index contributed by atoms with van der Waals surface area (Å²) < 4.78 is 6.45. The molecule has 1 aromatic carbocycles. The number of hydrogen-bond donors (Lipinski definition) is 1. The van der Waals surface area contributed by atoms with Gasteiger partial charge in [0, 0.05) is 30.7 Å². The molecule has 2 amide bonds. The number of diazo groups is 1. The van der Waals surface area contributed by atoms with Gasteiger partial charge in [-0.3, -0.25) is 14.5 Å². The van der Waals surface area contributed by atoms with Crippen molar-refractivity contribution in [2.24, 2.45) is 12.5 Å². The summed E-state index contributed by atoms with van der Waals surface area (Å²) in [5.74, 6) is -2.77. The van der Waals surface area contributed by atoms with Crippen LogP contribution >= 0.6 is 0 Å². The third-order valence-electron chi connectivity index (χ3n) is 6.02. The van der Waals surface area contributed by atoms with Gasteiger partial charge < -0.3 is 14.4 Å². The second-order valence-electron chi connectivity index (χ2n) is 7.64. The van der Waals surface area contributed by atoms with Crippen LogP contribution in [0.4, 0.5) is 0 Å². The van der Waals surface area contributed by atoms with Crippen LogP contribution in [-0.2, 0) is 32.6 Å². The highest BCUT2D eigenvalue weighted by atomic mass is 16.5. The molecular formula is C22H25N4O5+. The number of benzene rings is 1. The first-order valence-corrected chi connectivity index (χ1v) is 10.1. The standard InChI is InChI=1S/C22H24N4O5/c1-4-22(19(28)18(24-23)20(29)31-3)10-7-11-26(21(22)30)17(27)12-14-13-25(2)16-9-6-5-8-15(14)16/h5-6,8-9,13H,4,7,10-12H2,1-3H3/p+1. The number of hydrogen-bond acceptors (Lipinski definition) is 6. The van der Waals surface area contributed by atoms with Gasteiger partial charge in [0.1, 0.15) is 5.41 Å². The topological polar surface area (TPSA) is 117 Å². The van der Waals surface area contributed by atoms with Gasteiger partial charge in [0.25, 0.3) is 0 Å². The van der Waals surface area contributed by atoms with Gasteiger partial charge in [-0.15, -0.1) is 0 Å². The first-order valence-electron chi connectivity index (χ1n) is 10.1. The molecule has 1 saturated heterocycles. The number of likely N-dealkylation sites (tertiary alicyclic amines) is 1. The van der Waals surface area contributed by atoms with Crippen LogP contribution in [0.3, 0.4) is 0 Å². The highest BCUT2D eigenvalue weighted by molar-refractivity contribution is 6.03. The van der Waals surface area contributed by atoms with Gasteiger partial charge >= 0.3 is 11.7 Å². The van der Waals surface area contributed by atoms with Crippen LogP contribution in [-0.4, -0.2) is 46.0 Å². The Kier molecular flexibility index (Phi) is 6.11. The maximum atomic E-state index is 13.4. The van der Waals surface area contributed by atoms with Crippen molar-refractivity contribution in [3.63, 3.8) is 0 Å². The number of carbonyl (C=O) groups excluding carboxylic acids is 3. The second kappa shape index (κ2) is 8.60. The third kappa shape index (κ3) is 3.65. The summed E-state index contributed by atoms with van der Waals surface area (Å²) in [6.07, 6.45) is 2.64. The number of imide groups is 1. The molecule has 1 aliphatic rings. The van der Waals surface area contributed by atoms with Crippen molar-refractivity contribution in [1.82, 2.24) is 9.47 Å². The number of esters is 1. The molecule has 1 atom stereocenters. The molecule has 1 unspecified atom stereocenters. The molecule has 1 fully saturated rings.